The van der Waals surface area contributed by atoms with Crippen LogP contribution in [-0.4, -0.2) is 0 Å². The Morgan fingerprint density at radius 2 is 1.00 bits per heavy atom. The molecule has 0 atom stereocenters. The van der Waals surface area contributed by atoms with E-state index >= 15 is 0 Å². The fourth-order valence-electron chi connectivity index (χ4n) is 9.12. The number of hydrogen-bond donors (Lipinski definition) is 0. The van der Waals surface area contributed by atoms with Crippen LogP contribution in [0, 0.1) is 0 Å². The van der Waals surface area contributed by atoms with Crippen LogP contribution in [-0.2, 0) is 0 Å². The molecule has 2 nitrogen and oxygen atoms in total. The van der Waals surface area contributed by atoms with Gasteiger partial charge in [-0.05, 0) is 110 Å². The molecule has 0 radical (unpaired) electrons. The summed E-state index contributed by atoms with van der Waals surface area (Å²) in [7, 11) is 0. The third-order valence-electron chi connectivity index (χ3n) is 11.8. The van der Waals surface area contributed by atoms with Crippen molar-refractivity contribution in [2.75, 3.05) is 4.90 Å². The SMILES string of the molecule is c1ccc(-c2ccc(-c3cc4ccccc4c4ccccc34)cc2N(c2cccc(-c3ccc4c(c3)oc3ccccc34)c2)c2cccc3sc4ccccc4c23)cc1. The summed E-state index contributed by atoms with van der Waals surface area (Å²) in [6.07, 6.45) is 0. The van der Waals surface area contributed by atoms with Crippen molar-refractivity contribution in [1.82, 2.24) is 0 Å². The molecular formula is C56H35NOS. The average molecular weight is 770 g/mol. The Bertz CT molecular complexity index is 3580. The number of nitrogens with zero attached hydrogens (tertiary/aromatic N) is 1. The Labute approximate surface area is 345 Å². The van der Waals surface area contributed by atoms with E-state index in [1.807, 2.05) is 23.5 Å². The molecule has 2 heterocycles. The quantitative estimate of drug-likeness (QED) is 0.157. The zero-order valence-corrected chi connectivity index (χ0v) is 32.8. The number of rotatable bonds is 6. The third-order valence-corrected chi connectivity index (χ3v) is 13.0. The first-order chi connectivity index (χ1) is 29.2. The van der Waals surface area contributed by atoms with Crippen molar-refractivity contribution in [3.8, 4) is 33.4 Å². The molecule has 276 valence electrons. The Morgan fingerprint density at radius 1 is 0.339 bits per heavy atom. The number of thiophene rings is 1. The lowest BCUT2D eigenvalue weighted by molar-refractivity contribution is 0.669. The molecule has 0 amide bonds. The molecule has 12 aromatic rings. The number of fused-ring (bicyclic) bond motifs is 9. The van der Waals surface area contributed by atoms with Gasteiger partial charge in [-0.3, -0.25) is 0 Å². The number of hydrogen-bond acceptors (Lipinski definition) is 3. The van der Waals surface area contributed by atoms with Crippen molar-refractivity contribution in [3.63, 3.8) is 0 Å². The van der Waals surface area contributed by atoms with Gasteiger partial charge in [0, 0.05) is 42.2 Å². The predicted molar refractivity (Wildman–Crippen MR) is 253 cm³/mol. The van der Waals surface area contributed by atoms with Gasteiger partial charge in [-0.1, -0.05) is 152 Å². The van der Waals surface area contributed by atoms with Crippen molar-refractivity contribution in [1.29, 1.82) is 0 Å². The van der Waals surface area contributed by atoms with E-state index in [0.29, 0.717) is 0 Å². The average Bonchev–Trinajstić information content (AvgIpc) is 3.88. The molecule has 0 N–H and O–H groups in total. The van der Waals surface area contributed by atoms with Crippen molar-refractivity contribution in [2.24, 2.45) is 0 Å². The molecular weight excluding hydrogens is 735 g/mol. The standard InChI is InChI=1S/C56H35NOS/c1-2-14-36(15-3-1)43-30-29-40(49-33-39-16-4-5-19-42(39)44-20-6-7-21-45(44)49)34-51(43)57(50-24-13-27-55-56(50)48-23-9-11-26-54(48)59-55)41-18-12-17-37(32-41)38-28-31-47-46-22-8-10-25-52(46)58-53(47)35-38/h1-35H. The van der Waals surface area contributed by atoms with Crippen LogP contribution >= 0.6 is 11.3 Å². The zero-order chi connectivity index (χ0) is 38.9. The highest BCUT2D eigenvalue weighted by molar-refractivity contribution is 7.26. The minimum absolute atomic E-state index is 0.891. The predicted octanol–water partition coefficient (Wildman–Crippen LogP) is 16.7. The van der Waals surface area contributed by atoms with E-state index in [4.69, 9.17) is 4.42 Å². The molecule has 0 aliphatic rings. The fraction of sp³-hybridized carbons (Fsp3) is 0. The first-order valence-electron chi connectivity index (χ1n) is 20.1. The maximum atomic E-state index is 6.38. The van der Waals surface area contributed by atoms with E-state index in [1.165, 1.54) is 52.8 Å². The summed E-state index contributed by atoms with van der Waals surface area (Å²) < 4.78 is 8.92. The molecule has 3 heteroatoms. The van der Waals surface area contributed by atoms with Gasteiger partial charge in [0.05, 0.1) is 11.4 Å². The second kappa shape index (κ2) is 13.6. The Hall–Kier alpha value is -7.46. The van der Waals surface area contributed by atoms with Crippen LogP contribution in [0.3, 0.4) is 0 Å². The summed E-state index contributed by atoms with van der Waals surface area (Å²) in [4.78, 5) is 2.50. The maximum absolute atomic E-state index is 6.38. The van der Waals surface area contributed by atoms with Crippen LogP contribution in [0.15, 0.2) is 217 Å². The summed E-state index contributed by atoms with van der Waals surface area (Å²) in [5.41, 5.74) is 12.1. The van der Waals surface area contributed by atoms with Crippen molar-refractivity contribution < 1.29 is 4.42 Å². The van der Waals surface area contributed by atoms with E-state index in [9.17, 15) is 0 Å². The molecule has 0 saturated heterocycles. The molecule has 0 spiro atoms. The van der Waals surface area contributed by atoms with Crippen molar-refractivity contribution in [2.45, 2.75) is 0 Å². The molecule has 10 aromatic carbocycles. The van der Waals surface area contributed by atoms with E-state index in [-0.39, 0.29) is 0 Å². The smallest absolute Gasteiger partial charge is 0.136 e. The highest BCUT2D eigenvalue weighted by Crippen LogP contribution is 2.49. The maximum Gasteiger partial charge on any atom is 0.136 e. The first kappa shape index (κ1) is 33.7. The highest BCUT2D eigenvalue weighted by atomic mass is 32.1. The molecule has 0 aliphatic heterocycles. The minimum atomic E-state index is 0.891. The monoisotopic (exact) mass is 769 g/mol. The number of para-hydroxylation sites is 1. The normalized spacial score (nSPS) is 11.7. The topological polar surface area (TPSA) is 16.4 Å². The van der Waals surface area contributed by atoms with Crippen LogP contribution in [0.2, 0.25) is 0 Å². The summed E-state index contributed by atoms with van der Waals surface area (Å²) in [6.45, 7) is 0. The van der Waals surface area contributed by atoms with Gasteiger partial charge in [-0.25, -0.2) is 0 Å². The van der Waals surface area contributed by atoms with Crippen LogP contribution < -0.4 is 4.90 Å². The molecule has 2 aromatic heterocycles. The van der Waals surface area contributed by atoms with Gasteiger partial charge < -0.3 is 9.32 Å². The van der Waals surface area contributed by atoms with E-state index in [0.717, 1.165) is 61.3 Å². The Morgan fingerprint density at radius 3 is 1.90 bits per heavy atom. The summed E-state index contributed by atoms with van der Waals surface area (Å²) in [5, 5.41) is 9.78. The van der Waals surface area contributed by atoms with Gasteiger partial charge in [-0.15, -0.1) is 11.3 Å². The Kier molecular flexibility index (Phi) is 7.75. The van der Waals surface area contributed by atoms with E-state index in [1.54, 1.807) is 0 Å². The lowest BCUT2D eigenvalue weighted by Gasteiger charge is -2.30. The van der Waals surface area contributed by atoms with Gasteiger partial charge in [-0.2, -0.15) is 0 Å². The summed E-state index contributed by atoms with van der Waals surface area (Å²) >= 11 is 1.85. The molecule has 0 saturated carbocycles. The lowest BCUT2D eigenvalue weighted by atomic mass is 9.91. The number of anilines is 3. The molecule has 0 bridgehead atoms. The van der Waals surface area contributed by atoms with Crippen LogP contribution in [0.4, 0.5) is 17.1 Å². The zero-order valence-electron chi connectivity index (χ0n) is 32.0. The molecule has 0 aliphatic carbocycles. The van der Waals surface area contributed by atoms with Crippen molar-refractivity contribution in [3.05, 3.63) is 212 Å². The summed E-state index contributed by atoms with van der Waals surface area (Å²) in [5.74, 6) is 0. The first-order valence-corrected chi connectivity index (χ1v) is 20.9. The second-order valence-corrected chi connectivity index (χ2v) is 16.3. The highest BCUT2D eigenvalue weighted by Gasteiger charge is 2.23. The minimum Gasteiger partial charge on any atom is -0.456 e. The molecule has 12 rings (SSSR count). The van der Waals surface area contributed by atoms with Gasteiger partial charge in [0.1, 0.15) is 11.2 Å². The fourth-order valence-corrected chi connectivity index (χ4v) is 10.2. The Balaban J connectivity index is 1.14. The third kappa shape index (κ3) is 5.55. The second-order valence-electron chi connectivity index (χ2n) is 15.2. The number of benzene rings is 10. The van der Waals surface area contributed by atoms with Gasteiger partial charge in [0.25, 0.3) is 0 Å². The van der Waals surface area contributed by atoms with E-state index in [2.05, 4.69) is 205 Å². The van der Waals surface area contributed by atoms with Crippen LogP contribution in [0.1, 0.15) is 0 Å². The number of furan rings is 1. The van der Waals surface area contributed by atoms with Gasteiger partial charge >= 0.3 is 0 Å². The largest absolute Gasteiger partial charge is 0.456 e. The van der Waals surface area contributed by atoms with Gasteiger partial charge in [0.15, 0.2) is 0 Å². The van der Waals surface area contributed by atoms with Gasteiger partial charge in [0.2, 0.25) is 0 Å². The van der Waals surface area contributed by atoms with Crippen molar-refractivity contribution >= 4 is 92.1 Å². The van der Waals surface area contributed by atoms with Crippen LogP contribution in [0.25, 0.3) is 97.0 Å². The molecule has 0 unspecified atom stereocenters. The van der Waals surface area contributed by atoms with E-state index < -0.39 is 0 Å². The lowest BCUT2D eigenvalue weighted by Crippen LogP contribution is -2.12. The summed E-state index contributed by atoms with van der Waals surface area (Å²) in [6, 6.07) is 77.2. The van der Waals surface area contributed by atoms with Crippen LogP contribution in [0.5, 0.6) is 0 Å². The molecule has 59 heavy (non-hydrogen) atoms. The molecule has 0 fully saturated rings.